The van der Waals surface area contributed by atoms with Crippen LogP contribution in [0.5, 0.6) is 0 Å². The monoisotopic (exact) mass is 246 g/mol. The highest BCUT2D eigenvalue weighted by Crippen LogP contribution is 2.00. The average molecular weight is 246 g/mol. The number of hydrogen-bond acceptors (Lipinski definition) is 3. The molecule has 0 saturated heterocycles. The Labute approximate surface area is 99.7 Å². The summed E-state index contributed by atoms with van der Waals surface area (Å²) in [6.45, 7) is 5.27. The fourth-order valence-corrected chi connectivity index (χ4v) is 1.43. The molecule has 92 valence electrons. The van der Waals surface area contributed by atoms with Gasteiger partial charge in [0.05, 0.1) is 0 Å². The van der Waals surface area contributed by atoms with Gasteiger partial charge in [0.15, 0.2) is 0 Å². The Morgan fingerprint density at radius 3 is 2.56 bits per heavy atom. The van der Waals surface area contributed by atoms with Crippen molar-refractivity contribution in [1.29, 1.82) is 0 Å². The molecule has 0 aromatic carbocycles. The van der Waals surface area contributed by atoms with E-state index in [2.05, 4.69) is 17.2 Å². The summed E-state index contributed by atoms with van der Waals surface area (Å²) in [7, 11) is 0. The third kappa shape index (κ3) is 6.34. The summed E-state index contributed by atoms with van der Waals surface area (Å²) < 4.78 is 0. The molecule has 0 spiro atoms. The summed E-state index contributed by atoms with van der Waals surface area (Å²) in [5.41, 5.74) is 0. The molecule has 16 heavy (non-hydrogen) atoms. The SMILES string of the molecule is C=CC(C)NC(=O)N[C@H](CCSC)C(=O)O. The lowest BCUT2D eigenvalue weighted by Crippen LogP contribution is -2.48. The van der Waals surface area contributed by atoms with Gasteiger partial charge in [-0.1, -0.05) is 6.08 Å². The number of hydrogen-bond donors (Lipinski definition) is 3. The van der Waals surface area contributed by atoms with Gasteiger partial charge < -0.3 is 15.7 Å². The molecule has 6 heteroatoms. The van der Waals surface area contributed by atoms with Crippen LogP contribution in [0.1, 0.15) is 13.3 Å². The highest BCUT2D eigenvalue weighted by molar-refractivity contribution is 7.98. The van der Waals surface area contributed by atoms with Crippen LogP contribution in [0.3, 0.4) is 0 Å². The normalized spacial score (nSPS) is 13.6. The Hall–Kier alpha value is -1.17. The number of nitrogens with one attached hydrogen (secondary N) is 2. The minimum atomic E-state index is -1.02. The summed E-state index contributed by atoms with van der Waals surface area (Å²) >= 11 is 1.54. The van der Waals surface area contributed by atoms with Crippen LogP contribution in [0.2, 0.25) is 0 Å². The highest BCUT2D eigenvalue weighted by atomic mass is 32.2. The summed E-state index contributed by atoms with van der Waals surface area (Å²) in [6, 6.07) is -1.51. The number of carbonyl (C=O) groups excluding carboxylic acids is 1. The van der Waals surface area contributed by atoms with Crippen LogP contribution >= 0.6 is 11.8 Å². The molecule has 0 aromatic rings. The Bertz CT molecular complexity index is 258. The molecule has 3 N–H and O–H groups in total. The molecule has 0 rings (SSSR count). The first-order valence-electron chi connectivity index (χ1n) is 4.92. The van der Waals surface area contributed by atoms with Gasteiger partial charge in [-0.25, -0.2) is 9.59 Å². The number of thioether (sulfide) groups is 1. The Morgan fingerprint density at radius 2 is 2.12 bits per heavy atom. The number of carboxylic acid groups (broad SMARTS) is 1. The van der Waals surface area contributed by atoms with Gasteiger partial charge in [0.25, 0.3) is 0 Å². The van der Waals surface area contributed by atoms with E-state index in [1.165, 1.54) is 0 Å². The molecule has 1 unspecified atom stereocenters. The number of rotatable bonds is 7. The van der Waals surface area contributed by atoms with E-state index in [4.69, 9.17) is 5.11 Å². The lowest BCUT2D eigenvalue weighted by Gasteiger charge is -2.16. The van der Waals surface area contributed by atoms with Crippen LogP contribution in [0, 0.1) is 0 Å². The van der Waals surface area contributed by atoms with E-state index < -0.39 is 18.0 Å². The molecule has 5 nitrogen and oxygen atoms in total. The lowest BCUT2D eigenvalue weighted by atomic mass is 10.2. The Balaban J connectivity index is 4.12. The van der Waals surface area contributed by atoms with E-state index in [9.17, 15) is 9.59 Å². The van der Waals surface area contributed by atoms with E-state index in [-0.39, 0.29) is 6.04 Å². The predicted octanol–water partition coefficient (Wildman–Crippen LogP) is 1.07. The highest BCUT2D eigenvalue weighted by Gasteiger charge is 2.19. The van der Waals surface area contributed by atoms with E-state index in [1.807, 2.05) is 6.26 Å². The van der Waals surface area contributed by atoms with Crippen LogP contribution in [0.15, 0.2) is 12.7 Å². The quantitative estimate of drug-likeness (QED) is 0.587. The molecule has 0 bridgehead atoms. The van der Waals surface area contributed by atoms with E-state index in [0.29, 0.717) is 12.2 Å². The Morgan fingerprint density at radius 1 is 1.50 bits per heavy atom. The van der Waals surface area contributed by atoms with Crippen molar-refractivity contribution in [3.63, 3.8) is 0 Å². The minimum absolute atomic E-state index is 0.185. The molecule has 0 aromatic heterocycles. The second kappa shape index (κ2) is 8.04. The maximum Gasteiger partial charge on any atom is 0.326 e. The summed E-state index contributed by atoms with van der Waals surface area (Å²) in [5, 5.41) is 13.8. The maximum atomic E-state index is 11.4. The molecule has 0 aliphatic heterocycles. The number of aliphatic carboxylic acids is 1. The van der Waals surface area contributed by atoms with E-state index in [1.54, 1.807) is 24.8 Å². The molecular formula is C10H18N2O3S. The molecule has 2 amide bonds. The topological polar surface area (TPSA) is 78.4 Å². The molecule has 0 radical (unpaired) electrons. The summed E-state index contributed by atoms with van der Waals surface area (Å²) in [6.07, 6.45) is 3.86. The number of urea groups is 1. The van der Waals surface area contributed by atoms with Crippen LogP contribution in [-0.4, -0.2) is 41.2 Å². The van der Waals surface area contributed by atoms with Gasteiger partial charge in [-0.15, -0.1) is 6.58 Å². The van der Waals surface area contributed by atoms with Crippen molar-refractivity contribution >= 4 is 23.8 Å². The van der Waals surface area contributed by atoms with Gasteiger partial charge in [-0.05, 0) is 25.4 Å². The largest absolute Gasteiger partial charge is 0.480 e. The number of carbonyl (C=O) groups is 2. The van der Waals surface area contributed by atoms with Crippen molar-refractivity contribution in [2.45, 2.75) is 25.4 Å². The standard InChI is InChI=1S/C10H18N2O3S/c1-4-7(2)11-10(15)12-8(9(13)14)5-6-16-3/h4,7-8H,1,5-6H2,2-3H3,(H,13,14)(H2,11,12,15)/t7?,8-/m1/s1. The van der Waals surface area contributed by atoms with Crippen LogP contribution in [-0.2, 0) is 4.79 Å². The van der Waals surface area contributed by atoms with Gasteiger partial charge in [-0.2, -0.15) is 11.8 Å². The number of amides is 2. The predicted molar refractivity (Wildman–Crippen MR) is 65.7 cm³/mol. The smallest absolute Gasteiger partial charge is 0.326 e. The van der Waals surface area contributed by atoms with Crippen molar-refractivity contribution in [2.24, 2.45) is 0 Å². The minimum Gasteiger partial charge on any atom is -0.480 e. The molecule has 2 atom stereocenters. The van der Waals surface area contributed by atoms with E-state index >= 15 is 0 Å². The van der Waals surface area contributed by atoms with Crippen LogP contribution < -0.4 is 10.6 Å². The third-order valence-electron chi connectivity index (χ3n) is 1.93. The molecule has 0 saturated carbocycles. The molecule has 0 aliphatic carbocycles. The van der Waals surface area contributed by atoms with Gasteiger partial charge in [0.1, 0.15) is 6.04 Å². The van der Waals surface area contributed by atoms with Gasteiger partial charge >= 0.3 is 12.0 Å². The van der Waals surface area contributed by atoms with Gasteiger partial charge in [-0.3, -0.25) is 0 Å². The first-order valence-corrected chi connectivity index (χ1v) is 6.32. The molecule has 0 heterocycles. The number of carboxylic acids is 1. The van der Waals surface area contributed by atoms with Crippen molar-refractivity contribution in [2.75, 3.05) is 12.0 Å². The van der Waals surface area contributed by atoms with Crippen molar-refractivity contribution < 1.29 is 14.7 Å². The third-order valence-corrected chi connectivity index (χ3v) is 2.57. The molecular weight excluding hydrogens is 228 g/mol. The fourth-order valence-electron chi connectivity index (χ4n) is 0.959. The second-order valence-electron chi connectivity index (χ2n) is 3.31. The van der Waals surface area contributed by atoms with Crippen molar-refractivity contribution in [3.05, 3.63) is 12.7 Å². The Kier molecular flexibility index (Phi) is 7.45. The summed E-state index contributed by atoms with van der Waals surface area (Å²) in [4.78, 5) is 22.2. The molecule has 0 fully saturated rings. The maximum absolute atomic E-state index is 11.4. The van der Waals surface area contributed by atoms with E-state index in [0.717, 1.165) is 0 Å². The first-order chi connectivity index (χ1) is 7.51. The van der Waals surface area contributed by atoms with Crippen LogP contribution in [0.25, 0.3) is 0 Å². The summed E-state index contributed by atoms with van der Waals surface area (Å²) in [5.74, 6) is -0.329. The van der Waals surface area contributed by atoms with Crippen molar-refractivity contribution in [1.82, 2.24) is 10.6 Å². The van der Waals surface area contributed by atoms with Gasteiger partial charge in [0, 0.05) is 6.04 Å². The average Bonchev–Trinajstić information content (AvgIpc) is 2.23. The van der Waals surface area contributed by atoms with Crippen molar-refractivity contribution in [3.8, 4) is 0 Å². The van der Waals surface area contributed by atoms with Gasteiger partial charge in [0.2, 0.25) is 0 Å². The molecule has 0 aliphatic rings. The first kappa shape index (κ1) is 14.8. The second-order valence-corrected chi connectivity index (χ2v) is 4.30. The fraction of sp³-hybridized carbons (Fsp3) is 0.600. The zero-order chi connectivity index (χ0) is 12.6. The zero-order valence-corrected chi connectivity index (χ0v) is 10.3. The lowest BCUT2D eigenvalue weighted by molar-refractivity contribution is -0.139. The zero-order valence-electron chi connectivity index (χ0n) is 9.53. The van der Waals surface area contributed by atoms with Crippen LogP contribution in [0.4, 0.5) is 4.79 Å².